The molecule has 0 aliphatic rings. The summed E-state index contributed by atoms with van der Waals surface area (Å²) in [4.78, 5) is 0. The smallest absolute Gasteiger partial charge is 0.268 e. The zero-order chi connectivity index (χ0) is 9.97. The van der Waals surface area contributed by atoms with Crippen molar-refractivity contribution in [3.05, 3.63) is 48.7 Å². The Bertz CT molecular complexity index is 411. The predicted octanol–water partition coefficient (Wildman–Crippen LogP) is 1.58. The third kappa shape index (κ3) is 1.40. The first-order valence-electron chi connectivity index (χ1n) is 4.27. The van der Waals surface area contributed by atoms with Crippen LogP contribution in [0.25, 0.3) is 11.3 Å². The van der Waals surface area contributed by atoms with Crippen LogP contribution in [-0.4, -0.2) is 10.3 Å². The second kappa shape index (κ2) is 3.38. The van der Waals surface area contributed by atoms with Crippen molar-refractivity contribution < 1.29 is 15.0 Å². The molecule has 0 atom stereocenters. The maximum absolute atomic E-state index is 9.56. The van der Waals surface area contributed by atoms with Crippen LogP contribution in [0.15, 0.2) is 48.7 Å². The zero-order valence-electron chi connectivity index (χ0n) is 7.46. The SMILES string of the molecule is Oc1ccccc1-c1cccc[n+]1O. The van der Waals surface area contributed by atoms with Crippen molar-refractivity contribution in [1.29, 1.82) is 0 Å². The summed E-state index contributed by atoms with van der Waals surface area (Å²) in [6, 6.07) is 12.1. The number of nitrogens with zero attached hydrogens (tertiary/aromatic N) is 1. The van der Waals surface area contributed by atoms with Gasteiger partial charge in [0.05, 0.1) is 5.56 Å². The molecule has 2 aromatic rings. The molecule has 3 nitrogen and oxygen atoms in total. The summed E-state index contributed by atoms with van der Waals surface area (Å²) in [6.07, 6.45) is 1.52. The first kappa shape index (κ1) is 8.56. The Labute approximate surface area is 81.5 Å². The lowest BCUT2D eigenvalue weighted by Gasteiger charge is -1.99. The van der Waals surface area contributed by atoms with Crippen LogP contribution in [-0.2, 0) is 0 Å². The summed E-state index contributed by atoms with van der Waals surface area (Å²) >= 11 is 0. The zero-order valence-corrected chi connectivity index (χ0v) is 7.46. The van der Waals surface area contributed by atoms with E-state index in [1.807, 2.05) is 6.07 Å². The molecule has 0 saturated carbocycles. The van der Waals surface area contributed by atoms with Crippen LogP contribution < -0.4 is 4.73 Å². The van der Waals surface area contributed by atoms with E-state index in [0.29, 0.717) is 11.3 Å². The molecule has 0 aliphatic carbocycles. The summed E-state index contributed by atoms with van der Waals surface area (Å²) in [7, 11) is 0. The average molecular weight is 188 g/mol. The maximum Gasteiger partial charge on any atom is 0.268 e. The second-order valence-electron chi connectivity index (χ2n) is 2.95. The van der Waals surface area contributed by atoms with Crippen LogP contribution >= 0.6 is 0 Å². The third-order valence-corrected chi connectivity index (χ3v) is 2.02. The largest absolute Gasteiger partial charge is 0.507 e. The number of rotatable bonds is 1. The van der Waals surface area contributed by atoms with Crippen LogP contribution in [0.1, 0.15) is 0 Å². The van der Waals surface area contributed by atoms with Crippen molar-refractivity contribution >= 4 is 0 Å². The lowest BCUT2D eigenvalue weighted by atomic mass is 10.1. The lowest BCUT2D eigenvalue weighted by Crippen LogP contribution is -2.31. The summed E-state index contributed by atoms with van der Waals surface area (Å²) in [6.45, 7) is 0. The van der Waals surface area contributed by atoms with Gasteiger partial charge >= 0.3 is 0 Å². The average Bonchev–Trinajstić information content (AvgIpc) is 2.20. The number of hydrogen-bond acceptors (Lipinski definition) is 2. The van der Waals surface area contributed by atoms with Crippen molar-refractivity contribution in [2.45, 2.75) is 0 Å². The van der Waals surface area contributed by atoms with E-state index in [0.717, 1.165) is 4.73 Å². The Morgan fingerprint density at radius 1 is 0.929 bits per heavy atom. The number of aromatic nitrogens is 1. The van der Waals surface area contributed by atoms with Crippen molar-refractivity contribution in [3.63, 3.8) is 0 Å². The molecule has 1 aromatic carbocycles. The topological polar surface area (TPSA) is 44.3 Å². The van der Waals surface area contributed by atoms with Crippen molar-refractivity contribution in [2.75, 3.05) is 0 Å². The second-order valence-corrected chi connectivity index (χ2v) is 2.95. The molecule has 0 bridgehead atoms. The number of aromatic hydroxyl groups is 1. The molecular formula is C11H10NO2+. The van der Waals surface area contributed by atoms with E-state index in [1.54, 1.807) is 36.4 Å². The van der Waals surface area contributed by atoms with E-state index >= 15 is 0 Å². The highest BCUT2D eigenvalue weighted by molar-refractivity contribution is 5.63. The van der Waals surface area contributed by atoms with Gasteiger partial charge in [-0.2, -0.15) is 0 Å². The highest BCUT2D eigenvalue weighted by Crippen LogP contribution is 2.25. The number of phenolic OH excluding ortho intramolecular Hbond substituents is 1. The molecule has 0 fully saturated rings. The van der Waals surface area contributed by atoms with Crippen LogP contribution in [0.3, 0.4) is 0 Å². The molecule has 0 aliphatic heterocycles. The molecule has 70 valence electrons. The van der Waals surface area contributed by atoms with E-state index in [9.17, 15) is 10.3 Å². The van der Waals surface area contributed by atoms with E-state index in [1.165, 1.54) is 6.20 Å². The van der Waals surface area contributed by atoms with Gasteiger partial charge in [0.15, 0.2) is 0 Å². The molecule has 0 unspecified atom stereocenters. The molecule has 2 rings (SSSR count). The molecular weight excluding hydrogens is 178 g/mol. The summed E-state index contributed by atoms with van der Waals surface area (Å²) in [5.74, 6) is 0.154. The Morgan fingerprint density at radius 3 is 2.36 bits per heavy atom. The minimum absolute atomic E-state index is 0.154. The normalized spacial score (nSPS) is 10.0. The van der Waals surface area contributed by atoms with Gasteiger partial charge in [-0.1, -0.05) is 12.1 Å². The number of benzene rings is 1. The van der Waals surface area contributed by atoms with E-state index in [2.05, 4.69) is 0 Å². The molecule has 0 radical (unpaired) electrons. The number of para-hydroxylation sites is 1. The van der Waals surface area contributed by atoms with Gasteiger partial charge in [-0.05, 0) is 18.2 Å². The number of phenols is 1. The quantitative estimate of drug-likeness (QED) is 0.527. The Kier molecular flexibility index (Phi) is 2.07. The lowest BCUT2D eigenvalue weighted by molar-refractivity contribution is -0.896. The molecule has 2 N–H and O–H groups in total. The molecule has 14 heavy (non-hydrogen) atoms. The van der Waals surface area contributed by atoms with Gasteiger partial charge in [-0.15, -0.1) is 0 Å². The van der Waals surface area contributed by atoms with E-state index < -0.39 is 0 Å². The van der Waals surface area contributed by atoms with Gasteiger partial charge in [0.25, 0.3) is 5.69 Å². The fourth-order valence-corrected chi connectivity index (χ4v) is 1.34. The predicted molar refractivity (Wildman–Crippen MR) is 50.9 cm³/mol. The summed E-state index contributed by atoms with van der Waals surface area (Å²) in [5.41, 5.74) is 1.17. The van der Waals surface area contributed by atoms with Gasteiger partial charge in [-0.25, -0.2) is 0 Å². The number of pyridine rings is 1. The van der Waals surface area contributed by atoms with Crippen molar-refractivity contribution in [1.82, 2.24) is 0 Å². The van der Waals surface area contributed by atoms with Crippen LogP contribution in [0.4, 0.5) is 0 Å². The minimum atomic E-state index is 0.154. The maximum atomic E-state index is 9.56. The Morgan fingerprint density at radius 2 is 1.64 bits per heavy atom. The number of hydrogen-bond donors (Lipinski definition) is 2. The van der Waals surface area contributed by atoms with Crippen molar-refractivity contribution in [3.8, 4) is 17.0 Å². The third-order valence-electron chi connectivity index (χ3n) is 2.02. The fourth-order valence-electron chi connectivity index (χ4n) is 1.34. The van der Waals surface area contributed by atoms with Crippen LogP contribution in [0, 0.1) is 0 Å². The minimum Gasteiger partial charge on any atom is -0.507 e. The van der Waals surface area contributed by atoms with Gasteiger partial charge < -0.3 is 5.11 Å². The highest BCUT2D eigenvalue weighted by atomic mass is 16.5. The van der Waals surface area contributed by atoms with Gasteiger partial charge in [-0.3, -0.25) is 5.21 Å². The van der Waals surface area contributed by atoms with Gasteiger partial charge in [0.1, 0.15) is 5.75 Å². The monoisotopic (exact) mass is 188 g/mol. The van der Waals surface area contributed by atoms with Crippen LogP contribution in [0.2, 0.25) is 0 Å². The Balaban J connectivity index is 2.61. The molecule has 0 spiro atoms. The first-order valence-corrected chi connectivity index (χ1v) is 4.27. The molecule has 0 saturated heterocycles. The van der Waals surface area contributed by atoms with Gasteiger partial charge in [0, 0.05) is 16.9 Å². The first-order chi connectivity index (χ1) is 6.79. The molecule has 1 heterocycles. The van der Waals surface area contributed by atoms with E-state index in [4.69, 9.17) is 0 Å². The summed E-state index contributed by atoms with van der Waals surface area (Å²) in [5, 5.41) is 19.1. The fraction of sp³-hybridized carbons (Fsp3) is 0. The van der Waals surface area contributed by atoms with Crippen molar-refractivity contribution in [2.24, 2.45) is 0 Å². The van der Waals surface area contributed by atoms with Crippen LogP contribution in [0.5, 0.6) is 5.75 Å². The molecule has 3 heteroatoms. The molecule has 0 amide bonds. The summed E-state index contributed by atoms with van der Waals surface area (Å²) < 4.78 is 0.981. The standard InChI is InChI=1S/C11H9NO2/c13-11-7-2-1-5-9(11)10-6-3-4-8-12(10)14/h1-8,14H/p+1. The molecule has 1 aromatic heterocycles. The highest BCUT2D eigenvalue weighted by Gasteiger charge is 2.14. The van der Waals surface area contributed by atoms with E-state index in [-0.39, 0.29) is 5.75 Å². The van der Waals surface area contributed by atoms with Gasteiger partial charge in [0.2, 0.25) is 6.20 Å². The Hall–Kier alpha value is -2.03.